The Morgan fingerprint density at radius 1 is 0.556 bits per heavy atom. The Kier molecular flexibility index (Phi) is 2.64. The van der Waals surface area contributed by atoms with Crippen LogP contribution in [0.1, 0.15) is 15.3 Å². The monoisotopic (exact) mass is 234 g/mol. The van der Waals surface area contributed by atoms with Crippen molar-refractivity contribution in [2.45, 2.75) is 13.8 Å². The highest BCUT2D eigenvalue weighted by Crippen LogP contribution is 2.46. The Labute approximate surface area is 109 Å². The first kappa shape index (κ1) is 11.0. The smallest absolute Gasteiger partial charge is 0 e. The highest BCUT2D eigenvalue weighted by atomic mass is 14.2. The summed E-state index contributed by atoms with van der Waals surface area (Å²) in [5, 5.41) is 2.75. The second kappa shape index (κ2) is 4.30. The molecule has 0 saturated carbocycles. The third-order valence-electron chi connectivity index (χ3n) is 3.41. The molecule has 0 N–H and O–H groups in total. The fourth-order valence-corrected chi connectivity index (χ4v) is 2.74. The van der Waals surface area contributed by atoms with Crippen LogP contribution in [0.3, 0.4) is 0 Å². The summed E-state index contributed by atoms with van der Waals surface area (Å²) in [5.41, 5.74) is 5.50. The molecule has 90 valence electrons. The lowest BCUT2D eigenvalue weighted by Crippen LogP contribution is -1.73. The van der Waals surface area contributed by atoms with Crippen LogP contribution in [0, 0.1) is 0 Å². The lowest BCUT2D eigenvalue weighted by molar-refractivity contribution is 1.50. The van der Waals surface area contributed by atoms with E-state index in [0.717, 1.165) is 0 Å². The number of hydrogen-bond acceptors (Lipinski definition) is 0. The van der Waals surface area contributed by atoms with Crippen LogP contribution < -0.4 is 0 Å². The Morgan fingerprint density at radius 2 is 1.00 bits per heavy atom. The Hall–Kier alpha value is -2.08. The lowest BCUT2D eigenvalue weighted by atomic mass is 10.0. The minimum absolute atomic E-state index is 0. The van der Waals surface area contributed by atoms with Gasteiger partial charge in [0, 0.05) is 1.43 Å². The Bertz CT molecular complexity index is 656. The summed E-state index contributed by atoms with van der Waals surface area (Å²) in [6, 6.07) is 21.8. The van der Waals surface area contributed by atoms with E-state index in [0.29, 0.717) is 0 Å². The molecule has 0 aromatic heterocycles. The zero-order valence-electron chi connectivity index (χ0n) is 10.8. The van der Waals surface area contributed by atoms with E-state index in [1.165, 1.54) is 33.0 Å². The van der Waals surface area contributed by atoms with Crippen LogP contribution in [0.4, 0.5) is 0 Å². The van der Waals surface area contributed by atoms with Gasteiger partial charge in [0.25, 0.3) is 0 Å². The first-order valence-corrected chi connectivity index (χ1v) is 6.57. The number of benzene rings is 3. The lowest BCUT2D eigenvalue weighted by Gasteiger charge is -2.00. The quantitative estimate of drug-likeness (QED) is 0.363. The van der Waals surface area contributed by atoms with Crippen molar-refractivity contribution < 1.29 is 1.43 Å². The van der Waals surface area contributed by atoms with Gasteiger partial charge in [-0.2, -0.15) is 0 Å². The van der Waals surface area contributed by atoms with E-state index in [9.17, 15) is 0 Å². The summed E-state index contributed by atoms with van der Waals surface area (Å²) < 4.78 is 0. The van der Waals surface area contributed by atoms with Gasteiger partial charge in [0.05, 0.1) is 0 Å². The van der Waals surface area contributed by atoms with Gasteiger partial charge in [0.15, 0.2) is 0 Å². The highest BCUT2D eigenvalue weighted by Gasteiger charge is 2.19. The molecule has 0 unspecified atom stereocenters. The topological polar surface area (TPSA) is 0 Å². The number of fused-ring (bicyclic) bond motifs is 3. The highest BCUT2D eigenvalue weighted by molar-refractivity contribution is 6.15. The molecule has 0 heteroatoms. The van der Waals surface area contributed by atoms with Crippen LogP contribution in [-0.2, 0) is 0 Å². The standard InChI is InChI=1S/C16H10.C2H6.H2/c1-2-8-13-12(7-1)14-9-3-5-11-6-4-10-15(13)16(11)14;1-2;/h1-10H;1-2H3;1H. The van der Waals surface area contributed by atoms with Crippen LogP contribution in [0.2, 0.25) is 0 Å². The van der Waals surface area contributed by atoms with Crippen LogP contribution in [0.25, 0.3) is 33.0 Å². The van der Waals surface area contributed by atoms with Gasteiger partial charge in [-0.15, -0.1) is 0 Å². The Balaban J connectivity index is 0.000000426. The molecular weight excluding hydrogens is 216 g/mol. The van der Waals surface area contributed by atoms with Gasteiger partial charge in [0.2, 0.25) is 0 Å². The summed E-state index contributed by atoms with van der Waals surface area (Å²) in [5.74, 6) is 0. The zero-order valence-corrected chi connectivity index (χ0v) is 10.8. The van der Waals surface area contributed by atoms with Crippen LogP contribution in [0.15, 0.2) is 60.7 Å². The van der Waals surface area contributed by atoms with Gasteiger partial charge in [0.1, 0.15) is 0 Å². The summed E-state index contributed by atoms with van der Waals surface area (Å²) in [6.07, 6.45) is 0. The van der Waals surface area contributed by atoms with Crippen molar-refractivity contribution in [3.05, 3.63) is 60.7 Å². The van der Waals surface area contributed by atoms with Crippen LogP contribution in [0.5, 0.6) is 0 Å². The molecule has 18 heavy (non-hydrogen) atoms. The van der Waals surface area contributed by atoms with E-state index in [1.807, 2.05) is 13.8 Å². The van der Waals surface area contributed by atoms with E-state index in [-0.39, 0.29) is 1.43 Å². The summed E-state index contributed by atoms with van der Waals surface area (Å²) in [4.78, 5) is 0. The molecule has 0 nitrogen and oxygen atoms in total. The molecular formula is C18H18. The fourth-order valence-electron chi connectivity index (χ4n) is 2.74. The third kappa shape index (κ3) is 1.39. The van der Waals surface area contributed by atoms with Crippen LogP contribution >= 0.6 is 0 Å². The molecule has 0 fully saturated rings. The second-order valence-electron chi connectivity index (χ2n) is 4.25. The SMILES string of the molecule is CC.[HH].c1ccc2c(c1)-c1cccc3cccc-2c13. The second-order valence-corrected chi connectivity index (χ2v) is 4.25. The third-order valence-corrected chi connectivity index (χ3v) is 3.41. The number of hydrogen-bond donors (Lipinski definition) is 0. The van der Waals surface area contributed by atoms with Crippen molar-refractivity contribution in [2.75, 3.05) is 0 Å². The molecule has 3 aromatic rings. The van der Waals surface area contributed by atoms with Crippen molar-refractivity contribution >= 4 is 10.8 Å². The first-order valence-electron chi connectivity index (χ1n) is 6.57. The largest absolute Gasteiger partial charge is 0.0683 e. The maximum atomic E-state index is 2.22. The number of rotatable bonds is 0. The molecule has 0 heterocycles. The van der Waals surface area contributed by atoms with Crippen molar-refractivity contribution in [2.24, 2.45) is 0 Å². The average Bonchev–Trinajstić information content (AvgIpc) is 2.79. The molecule has 1 aliphatic rings. The van der Waals surface area contributed by atoms with Gasteiger partial charge in [-0.05, 0) is 33.0 Å². The molecule has 4 rings (SSSR count). The van der Waals surface area contributed by atoms with E-state index < -0.39 is 0 Å². The van der Waals surface area contributed by atoms with Crippen molar-refractivity contribution in [3.8, 4) is 22.3 Å². The van der Waals surface area contributed by atoms with Gasteiger partial charge in [-0.1, -0.05) is 74.5 Å². The molecule has 0 saturated heterocycles. The average molecular weight is 234 g/mol. The van der Waals surface area contributed by atoms with E-state index >= 15 is 0 Å². The molecule has 0 bridgehead atoms. The molecule has 0 spiro atoms. The molecule has 0 atom stereocenters. The van der Waals surface area contributed by atoms with E-state index in [4.69, 9.17) is 0 Å². The van der Waals surface area contributed by atoms with E-state index in [2.05, 4.69) is 60.7 Å². The van der Waals surface area contributed by atoms with Gasteiger partial charge >= 0.3 is 0 Å². The maximum Gasteiger partial charge on any atom is 0 e. The molecule has 1 aliphatic carbocycles. The molecule has 3 aromatic carbocycles. The van der Waals surface area contributed by atoms with Crippen LogP contribution in [-0.4, -0.2) is 0 Å². The zero-order chi connectivity index (χ0) is 12.5. The normalized spacial score (nSPS) is 10.8. The van der Waals surface area contributed by atoms with Crippen molar-refractivity contribution in [1.82, 2.24) is 0 Å². The van der Waals surface area contributed by atoms with E-state index in [1.54, 1.807) is 0 Å². The van der Waals surface area contributed by atoms with Gasteiger partial charge < -0.3 is 0 Å². The molecule has 0 aliphatic heterocycles. The van der Waals surface area contributed by atoms with Gasteiger partial charge in [-0.25, -0.2) is 0 Å². The summed E-state index contributed by atoms with van der Waals surface area (Å²) in [6.45, 7) is 4.00. The Morgan fingerprint density at radius 3 is 1.50 bits per heavy atom. The molecule has 0 amide bonds. The molecule has 0 radical (unpaired) electrons. The van der Waals surface area contributed by atoms with Crippen molar-refractivity contribution in [1.29, 1.82) is 0 Å². The summed E-state index contributed by atoms with van der Waals surface area (Å²) >= 11 is 0. The predicted octanol–water partition coefficient (Wildman–Crippen LogP) is 5.76. The first-order chi connectivity index (χ1) is 8.95. The minimum atomic E-state index is 0. The maximum absolute atomic E-state index is 2.22. The predicted molar refractivity (Wildman–Crippen MR) is 81.8 cm³/mol. The summed E-state index contributed by atoms with van der Waals surface area (Å²) in [7, 11) is 0. The van der Waals surface area contributed by atoms with Gasteiger partial charge in [-0.3, -0.25) is 0 Å². The fraction of sp³-hybridized carbons (Fsp3) is 0.111. The minimum Gasteiger partial charge on any atom is -0.0683 e. The van der Waals surface area contributed by atoms with Crippen molar-refractivity contribution in [3.63, 3.8) is 0 Å².